The van der Waals surface area contributed by atoms with Crippen LogP contribution >= 0.6 is 11.6 Å². The van der Waals surface area contributed by atoms with Crippen LogP contribution in [0.4, 0.5) is 0 Å². The Hall–Kier alpha value is -3.31. The number of carbonyl (C=O) groups excluding carboxylic acids is 2. The molecular formula is C29H33ClN2O3. The monoisotopic (exact) mass is 492 g/mol. The van der Waals surface area contributed by atoms with Crippen molar-refractivity contribution < 1.29 is 14.3 Å². The molecule has 1 unspecified atom stereocenters. The highest BCUT2D eigenvalue weighted by atomic mass is 35.5. The Balaban J connectivity index is 1.79. The second-order valence-electron chi connectivity index (χ2n) is 8.49. The van der Waals surface area contributed by atoms with Gasteiger partial charge in [0.2, 0.25) is 11.8 Å². The number of hydrogen-bond donors (Lipinski definition) is 1. The number of nitrogens with one attached hydrogen (secondary N) is 1. The normalized spacial score (nSPS) is 11.5. The fraction of sp³-hybridized carbons (Fsp3) is 0.310. The second kappa shape index (κ2) is 13.5. The maximum atomic E-state index is 13.5. The van der Waals surface area contributed by atoms with Gasteiger partial charge in [0, 0.05) is 31.0 Å². The van der Waals surface area contributed by atoms with Crippen molar-refractivity contribution in [3.63, 3.8) is 0 Å². The molecule has 1 N–H and O–H groups in total. The molecule has 0 saturated carbocycles. The zero-order valence-electron chi connectivity index (χ0n) is 20.4. The molecule has 2 amide bonds. The van der Waals surface area contributed by atoms with Gasteiger partial charge in [-0.25, -0.2) is 0 Å². The Bertz CT molecular complexity index is 1070. The molecular weight excluding hydrogens is 460 g/mol. The van der Waals surface area contributed by atoms with Gasteiger partial charge in [0.15, 0.2) is 0 Å². The zero-order valence-corrected chi connectivity index (χ0v) is 21.1. The number of methoxy groups -OCH3 is 1. The van der Waals surface area contributed by atoms with Crippen LogP contribution in [0, 0.1) is 0 Å². The van der Waals surface area contributed by atoms with Crippen LogP contribution in [0.3, 0.4) is 0 Å². The van der Waals surface area contributed by atoms with Crippen molar-refractivity contribution in [2.45, 2.75) is 45.2 Å². The molecule has 0 heterocycles. The average Bonchev–Trinajstić information content (AvgIpc) is 2.88. The van der Waals surface area contributed by atoms with Crippen molar-refractivity contribution >= 4 is 23.4 Å². The van der Waals surface area contributed by atoms with Crippen LogP contribution < -0.4 is 10.1 Å². The summed E-state index contributed by atoms with van der Waals surface area (Å²) in [5.41, 5.74) is 3.04. The number of nitrogens with zero attached hydrogens (tertiary/aromatic N) is 1. The lowest BCUT2D eigenvalue weighted by atomic mass is 10.0. The van der Waals surface area contributed by atoms with E-state index in [4.69, 9.17) is 16.3 Å². The van der Waals surface area contributed by atoms with Gasteiger partial charge in [0.1, 0.15) is 11.8 Å². The van der Waals surface area contributed by atoms with E-state index in [0.717, 1.165) is 22.4 Å². The minimum Gasteiger partial charge on any atom is -0.497 e. The Labute approximate surface area is 213 Å². The van der Waals surface area contributed by atoms with Crippen LogP contribution in [-0.4, -0.2) is 36.4 Å². The van der Waals surface area contributed by atoms with Gasteiger partial charge in [0.05, 0.1) is 7.11 Å². The Morgan fingerprint density at radius 2 is 1.57 bits per heavy atom. The van der Waals surface area contributed by atoms with E-state index in [1.54, 1.807) is 24.1 Å². The van der Waals surface area contributed by atoms with Crippen molar-refractivity contribution in [3.8, 4) is 5.75 Å². The highest BCUT2D eigenvalue weighted by molar-refractivity contribution is 6.30. The first-order valence-electron chi connectivity index (χ1n) is 12.0. The van der Waals surface area contributed by atoms with E-state index in [2.05, 4.69) is 5.32 Å². The van der Waals surface area contributed by atoms with E-state index in [1.165, 1.54) is 0 Å². The maximum absolute atomic E-state index is 13.5. The Kier molecular flexibility index (Phi) is 10.2. The molecule has 3 aromatic carbocycles. The van der Waals surface area contributed by atoms with Crippen molar-refractivity contribution in [2.75, 3.05) is 13.7 Å². The molecule has 5 nitrogen and oxygen atoms in total. The molecule has 0 bridgehead atoms. The molecule has 1 atom stereocenters. The fourth-order valence-electron chi connectivity index (χ4n) is 3.94. The molecule has 0 saturated heterocycles. The van der Waals surface area contributed by atoms with E-state index in [9.17, 15) is 9.59 Å². The standard InChI is InChI=1S/C29H33ClN2O3/c1-3-7-28(33)32(21-24-10-14-25(30)15-11-24)27(20-23-8-5-4-6-9-23)29(34)31-19-18-22-12-16-26(35-2)17-13-22/h4-6,8-17,27H,3,7,18-21H2,1-2H3,(H,31,34). The van der Waals surface area contributed by atoms with Crippen molar-refractivity contribution in [3.05, 3.63) is 101 Å². The van der Waals surface area contributed by atoms with Gasteiger partial charge in [-0.1, -0.05) is 73.1 Å². The Morgan fingerprint density at radius 1 is 0.914 bits per heavy atom. The van der Waals surface area contributed by atoms with E-state index in [1.807, 2.05) is 73.7 Å². The largest absolute Gasteiger partial charge is 0.497 e. The molecule has 0 aliphatic rings. The highest BCUT2D eigenvalue weighted by Gasteiger charge is 2.29. The molecule has 0 spiro atoms. The van der Waals surface area contributed by atoms with Gasteiger partial charge >= 0.3 is 0 Å². The molecule has 6 heteroatoms. The zero-order chi connectivity index (χ0) is 25.0. The second-order valence-corrected chi connectivity index (χ2v) is 8.93. The van der Waals surface area contributed by atoms with Crippen molar-refractivity contribution in [2.24, 2.45) is 0 Å². The fourth-order valence-corrected chi connectivity index (χ4v) is 4.06. The Morgan fingerprint density at radius 3 is 2.20 bits per heavy atom. The molecule has 0 aliphatic carbocycles. The lowest BCUT2D eigenvalue weighted by molar-refractivity contribution is -0.141. The number of rotatable bonds is 12. The smallest absolute Gasteiger partial charge is 0.243 e. The van der Waals surface area contributed by atoms with E-state index < -0.39 is 6.04 Å². The predicted octanol–water partition coefficient (Wildman–Crippen LogP) is 5.45. The van der Waals surface area contributed by atoms with Crippen LogP contribution in [0.2, 0.25) is 5.02 Å². The molecule has 3 aromatic rings. The average molecular weight is 493 g/mol. The van der Waals surface area contributed by atoms with E-state index >= 15 is 0 Å². The van der Waals surface area contributed by atoms with Gasteiger partial charge in [0.25, 0.3) is 0 Å². The predicted molar refractivity (Wildman–Crippen MR) is 141 cm³/mol. The lowest BCUT2D eigenvalue weighted by Crippen LogP contribution is -2.50. The van der Waals surface area contributed by atoms with Gasteiger partial charge in [-0.2, -0.15) is 0 Å². The number of hydrogen-bond acceptors (Lipinski definition) is 3. The molecule has 0 radical (unpaired) electrons. The summed E-state index contributed by atoms with van der Waals surface area (Å²) in [5, 5.41) is 3.70. The third-order valence-corrected chi connectivity index (χ3v) is 6.13. The summed E-state index contributed by atoms with van der Waals surface area (Å²) < 4.78 is 5.21. The van der Waals surface area contributed by atoms with E-state index in [0.29, 0.717) is 43.8 Å². The van der Waals surface area contributed by atoms with E-state index in [-0.39, 0.29) is 11.8 Å². The summed E-state index contributed by atoms with van der Waals surface area (Å²) in [6, 6.07) is 24.4. The first-order chi connectivity index (χ1) is 17.0. The SMILES string of the molecule is CCCC(=O)N(Cc1ccc(Cl)cc1)C(Cc1ccccc1)C(=O)NCCc1ccc(OC)cc1. The van der Waals surface area contributed by atoms with Gasteiger partial charge in [-0.15, -0.1) is 0 Å². The van der Waals surface area contributed by atoms with Crippen LogP contribution in [0.1, 0.15) is 36.5 Å². The molecule has 0 aromatic heterocycles. The minimum atomic E-state index is -0.622. The highest BCUT2D eigenvalue weighted by Crippen LogP contribution is 2.18. The third-order valence-electron chi connectivity index (χ3n) is 5.87. The van der Waals surface area contributed by atoms with Crippen LogP contribution in [0.5, 0.6) is 5.75 Å². The topological polar surface area (TPSA) is 58.6 Å². The number of carbonyl (C=O) groups is 2. The first-order valence-corrected chi connectivity index (χ1v) is 12.4. The van der Waals surface area contributed by atoms with Crippen LogP contribution in [0.15, 0.2) is 78.9 Å². The summed E-state index contributed by atoms with van der Waals surface area (Å²) in [6.45, 7) is 2.80. The molecule has 0 fully saturated rings. The number of ether oxygens (including phenoxy) is 1. The van der Waals surface area contributed by atoms with Gasteiger partial charge in [-0.3, -0.25) is 9.59 Å². The maximum Gasteiger partial charge on any atom is 0.243 e. The van der Waals surface area contributed by atoms with Gasteiger partial charge in [-0.05, 0) is 53.8 Å². The van der Waals surface area contributed by atoms with Crippen molar-refractivity contribution in [1.82, 2.24) is 10.2 Å². The summed E-state index contributed by atoms with van der Waals surface area (Å²) in [5.74, 6) is 0.613. The number of halogens is 1. The van der Waals surface area contributed by atoms with Gasteiger partial charge < -0.3 is 15.0 Å². The molecule has 35 heavy (non-hydrogen) atoms. The molecule has 184 valence electrons. The number of amides is 2. The first kappa shape index (κ1) is 26.3. The third kappa shape index (κ3) is 8.15. The summed E-state index contributed by atoms with van der Waals surface area (Å²) in [7, 11) is 1.64. The lowest BCUT2D eigenvalue weighted by Gasteiger charge is -2.31. The van der Waals surface area contributed by atoms with Crippen LogP contribution in [-0.2, 0) is 29.0 Å². The summed E-state index contributed by atoms with van der Waals surface area (Å²) >= 11 is 6.05. The quantitative estimate of drug-likeness (QED) is 0.366. The molecule has 0 aliphatic heterocycles. The van der Waals surface area contributed by atoms with Crippen molar-refractivity contribution in [1.29, 1.82) is 0 Å². The molecule has 3 rings (SSSR count). The minimum absolute atomic E-state index is 0.0336. The van der Waals surface area contributed by atoms with Crippen LogP contribution in [0.25, 0.3) is 0 Å². The summed E-state index contributed by atoms with van der Waals surface area (Å²) in [6.07, 6.45) is 2.23. The number of benzene rings is 3. The summed E-state index contributed by atoms with van der Waals surface area (Å²) in [4.78, 5) is 28.4.